The monoisotopic (exact) mass is 635 g/mol. The van der Waals surface area contributed by atoms with E-state index in [1.165, 1.54) is 37.3 Å². The van der Waals surface area contributed by atoms with Gasteiger partial charge in [0.05, 0.1) is 24.8 Å². The number of amides is 2. The zero-order chi connectivity index (χ0) is 32.6. The number of sulfonamides is 1. The van der Waals surface area contributed by atoms with E-state index in [1.54, 1.807) is 12.1 Å². The van der Waals surface area contributed by atoms with Gasteiger partial charge in [0.25, 0.3) is 10.0 Å². The van der Waals surface area contributed by atoms with Gasteiger partial charge in [-0.2, -0.15) is 0 Å². The summed E-state index contributed by atoms with van der Waals surface area (Å²) >= 11 is 0. The van der Waals surface area contributed by atoms with Crippen molar-refractivity contribution in [3.05, 3.63) is 83.4 Å². The highest BCUT2D eigenvalue weighted by molar-refractivity contribution is 7.92. The number of anilines is 1. The van der Waals surface area contributed by atoms with Crippen LogP contribution in [-0.4, -0.2) is 58.0 Å². The van der Waals surface area contributed by atoms with Crippen LogP contribution in [0.4, 0.5) is 5.69 Å². The quantitative estimate of drug-likeness (QED) is 0.256. The third-order valence-corrected chi connectivity index (χ3v) is 10.0. The van der Waals surface area contributed by atoms with E-state index in [1.807, 2.05) is 57.2 Å². The number of carbonyl (C=O) groups excluding carboxylic acids is 2. The van der Waals surface area contributed by atoms with Gasteiger partial charge in [-0.1, -0.05) is 62.6 Å². The van der Waals surface area contributed by atoms with Crippen LogP contribution in [-0.2, 0) is 26.2 Å². The van der Waals surface area contributed by atoms with Crippen molar-refractivity contribution in [1.82, 2.24) is 10.2 Å². The van der Waals surface area contributed by atoms with Crippen molar-refractivity contribution in [2.75, 3.05) is 25.1 Å². The molecule has 1 atom stereocenters. The van der Waals surface area contributed by atoms with E-state index in [-0.39, 0.29) is 29.1 Å². The highest BCUT2D eigenvalue weighted by atomic mass is 32.2. The van der Waals surface area contributed by atoms with E-state index in [4.69, 9.17) is 9.47 Å². The summed E-state index contributed by atoms with van der Waals surface area (Å²) in [5.41, 5.74) is 2.90. The second kappa shape index (κ2) is 15.3. The van der Waals surface area contributed by atoms with Crippen LogP contribution in [0.5, 0.6) is 11.5 Å². The molecule has 0 bridgehead atoms. The van der Waals surface area contributed by atoms with Crippen LogP contribution in [0.1, 0.15) is 62.1 Å². The van der Waals surface area contributed by atoms with Gasteiger partial charge in [-0.05, 0) is 74.1 Å². The minimum atomic E-state index is -4.27. The van der Waals surface area contributed by atoms with Gasteiger partial charge < -0.3 is 19.7 Å². The Kier molecular flexibility index (Phi) is 11.5. The Balaban J connectivity index is 1.75. The van der Waals surface area contributed by atoms with Crippen LogP contribution in [0, 0.1) is 13.8 Å². The van der Waals surface area contributed by atoms with Crippen molar-refractivity contribution < 1.29 is 27.5 Å². The highest BCUT2D eigenvalue weighted by Gasteiger charge is 2.35. The Hall–Kier alpha value is -4.05. The van der Waals surface area contributed by atoms with Crippen LogP contribution < -0.4 is 19.1 Å². The second-order valence-corrected chi connectivity index (χ2v) is 13.5. The number of rotatable bonds is 13. The molecule has 0 spiro atoms. The molecule has 9 nitrogen and oxygen atoms in total. The normalized spacial score (nSPS) is 14.3. The molecule has 10 heteroatoms. The molecule has 3 aromatic carbocycles. The first kappa shape index (κ1) is 33.8. The fourth-order valence-electron chi connectivity index (χ4n) is 5.97. The van der Waals surface area contributed by atoms with Gasteiger partial charge in [-0.3, -0.25) is 13.9 Å². The predicted octanol–water partition coefficient (Wildman–Crippen LogP) is 5.77. The van der Waals surface area contributed by atoms with Crippen molar-refractivity contribution >= 4 is 27.5 Å². The molecule has 1 aliphatic carbocycles. The Labute approximate surface area is 267 Å². The van der Waals surface area contributed by atoms with E-state index < -0.39 is 28.5 Å². The molecule has 0 saturated heterocycles. The number of aryl methyl sites for hydroxylation is 2. The standard InChI is InChI=1S/C35H45N3O6S/c1-6-31(35(40)36-28-15-11-8-12-16-28)37(23-27-13-9-7-10-14-27)34(39)24-38(29-20-25(2)19-26(3)21-29)45(41,42)30-17-18-32(43-4)33(22-30)44-5/h7,9-10,13-14,17-22,28,31H,6,8,11-12,15-16,23-24H2,1-5H3,(H,36,40)/t31-/m0/s1. The zero-order valence-corrected chi connectivity index (χ0v) is 27.7. The van der Waals surface area contributed by atoms with Crippen molar-refractivity contribution in [1.29, 1.82) is 0 Å². The smallest absolute Gasteiger partial charge is 0.264 e. The van der Waals surface area contributed by atoms with E-state index >= 15 is 0 Å². The van der Waals surface area contributed by atoms with Crippen molar-refractivity contribution in [3.63, 3.8) is 0 Å². The third-order valence-electron chi connectivity index (χ3n) is 8.25. The van der Waals surface area contributed by atoms with E-state index in [0.717, 1.165) is 53.1 Å². The largest absolute Gasteiger partial charge is 0.493 e. The number of nitrogens with one attached hydrogen (secondary N) is 1. The van der Waals surface area contributed by atoms with Crippen molar-refractivity contribution in [3.8, 4) is 11.5 Å². The first-order valence-electron chi connectivity index (χ1n) is 15.5. The maximum Gasteiger partial charge on any atom is 0.264 e. The summed E-state index contributed by atoms with van der Waals surface area (Å²) < 4.78 is 40.5. The lowest BCUT2D eigenvalue weighted by Gasteiger charge is -2.34. The Morgan fingerprint density at radius 3 is 2.13 bits per heavy atom. The molecule has 1 saturated carbocycles. The van der Waals surface area contributed by atoms with Gasteiger partial charge in [0.2, 0.25) is 11.8 Å². The lowest BCUT2D eigenvalue weighted by atomic mass is 9.95. The average Bonchev–Trinajstić information content (AvgIpc) is 3.03. The van der Waals surface area contributed by atoms with Crippen LogP contribution in [0.3, 0.4) is 0 Å². The topological polar surface area (TPSA) is 105 Å². The number of nitrogens with zero attached hydrogens (tertiary/aromatic N) is 2. The minimum Gasteiger partial charge on any atom is -0.493 e. The van der Waals surface area contributed by atoms with Gasteiger partial charge in [-0.15, -0.1) is 0 Å². The van der Waals surface area contributed by atoms with E-state index in [9.17, 15) is 18.0 Å². The summed E-state index contributed by atoms with van der Waals surface area (Å²) in [6.45, 7) is 5.29. The molecule has 2 amide bonds. The molecule has 0 radical (unpaired) electrons. The summed E-state index contributed by atoms with van der Waals surface area (Å²) in [6, 6.07) is 18.5. The van der Waals surface area contributed by atoms with Crippen molar-refractivity contribution in [2.45, 2.75) is 82.8 Å². The number of methoxy groups -OCH3 is 2. The molecule has 242 valence electrons. The molecule has 0 heterocycles. The molecule has 45 heavy (non-hydrogen) atoms. The number of carbonyl (C=O) groups is 2. The number of benzene rings is 3. The average molecular weight is 636 g/mol. The molecule has 1 N–H and O–H groups in total. The number of hydrogen-bond donors (Lipinski definition) is 1. The Morgan fingerprint density at radius 1 is 0.889 bits per heavy atom. The summed E-state index contributed by atoms with van der Waals surface area (Å²) in [7, 11) is -1.36. The molecule has 1 aliphatic rings. The number of ether oxygens (including phenoxy) is 2. The highest BCUT2D eigenvalue weighted by Crippen LogP contribution is 2.33. The molecule has 0 aromatic heterocycles. The molecule has 4 rings (SSSR count). The molecule has 3 aromatic rings. The summed E-state index contributed by atoms with van der Waals surface area (Å²) in [5, 5.41) is 3.18. The molecule has 0 aliphatic heterocycles. The lowest BCUT2D eigenvalue weighted by molar-refractivity contribution is -0.140. The van der Waals surface area contributed by atoms with Crippen LogP contribution in [0.15, 0.2) is 71.6 Å². The molecule has 1 fully saturated rings. The first-order valence-corrected chi connectivity index (χ1v) is 17.0. The second-order valence-electron chi connectivity index (χ2n) is 11.6. The molecular weight excluding hydrogens is 590 g/mol. The maximum atomic E-state index is 14.4. The van der Waals surface area contributed by atoms with Crippen LogP contribution in [0.2, 0.25) is 0 Å². The zero-order valence-electron chi connectivity index (χ0n) is 26.9. The van der Waals surface area contributed by atoms with E-state index in [2.05, 4.69) is 5.32 Å². The third kappa shape index (κ3) is 8.36. The fourth-order valence-corrected chi connectivity index (χ4v) is 7.39. The van der Waals surface area contributed by atoms with Crippen LogP contribution in [0.25, 0.3) is 0 Å². The molecular formula is C35H45N3O6S. The summed E-state index contributed by atoms with van der Waals surface area (Å²) in [4.78, 5) is 29.6. The summed E-state index contributed by atoms with van der Waals surface area (Å²) in [5.74, 6) is -0.0576. The summed E-state index contributed by atoms with van der Waals surface area (Å²) in [6.07, 6.45) is 5.49. The van der Waals surface area contributed by atoms with Gasteiger partial charge in [0.15, 0.2) is 11.5 Å². The minimum absolute atomic E-state index is 0.0520. The fraction of sp³-hybridized carbons (Fsp3) is 0.429. The van der Waals surface area contributed by atoms with Crippen LogP contribution >= 0.6 is 0 Å². The maximum absolute atomic E-state index is 14.4. The van der Waals surface area contributed by atoms with Gasteiger partial charge in [0, 0.05) is 18.7 Å². The van der Waals surface area contributed by atoms with Gasteiger partial charge in [0.1, 0.15) is 12.6 Å². The van der Waals surface area contributed by atoms with E-state index in [0.29, 0.717) is 17.9 Å². The molecule has 0 unspecified atom stereocenters. The Bertz CT molecular complexity index is 1550. The number of hydrogen-bond acceptors (Lipinski definition) is 6. The predicted molar refractivity (Wildman–Crippen MR) is 176 cm³/mol. The van der Waals surface area contributed by atoms with Gasteiger partial charge in [-0.25, -0.2) is 8.42 Å². The first-order chi connectivity index (χ1) is 21.6. The van der Waals surface area contributed by atoms with Gasteiger partial charge >= 0.3 is 0 Å². The lowest BCUT2D eigenvalue weighted by Crippen LogP contribution is -2.54. The van der Waals surface area contributed by atoms with Crippen molar-refractivity contribution in [2.24, 2.45) is 0 Å². The SMILES string of the molecule is CC[C@@H](C(=O)NC1CCCCC1)N(Cc1ccccc1)C(=O)CN(c1cc(C)cc(C)c1)S(=O)(=O)c1ccc(OC)c(OC)c1. The Morgan fingerprint density at radius 2 is 1.53 bits per heavy atom.